The van der Waals surface area contributed by atoms with Crippen molar-refractivity contribution in [3.63, 3.8) is 0 Å². The van der Waals surface area contributed by atoms with E-state index >= 15 is 0 Å². The molecule has 0 fully saturated rings. The van der Waals surface area contributed by atoms with E-state index in [1.165, 1.54) is 24.3 Å². The smallest absolute Gasteiger partial charge is 0.246 e. The summed E-state index contributed by atoms with van der Waals surface area (Å²) in [5.41, 5.74) is 2.36. The molecule has 0 aliphatic rings. The standard InChI is InChI=1S/C22H20ClFN2O/c1-15(17-8-5-9-18(23)14-17)25-21(16-6-3-2-4-7-16)22(27)26-20-12-10-19(24)11-13-20/h2-15,21,25H,1H3,(H,26,27)/t15-,21-/m0/s1. The summed E-state index contributed by atoms with van der Waals surface area (Å²) in [6.45, 7) is 1.98. The van der Waals surface area contributed by atoms with Gasteiger partial charge in [-0.2, -0.15) is 0 Å². The van der Waals surface area contributed by atoms with Crippen molar-refractivity contribution in [1.82, 2.24) is 5.32 Å². The van der Waals surface area contributed by atoms with Crippen LogP contribution in [0.5, 0.6) is 0 Å². The number of benzene rings is 3. The summed E-state index contributed by atoms with van der Waals surface area (Å²) in [7, 11) is 0. The van der Waals surface area contributed by atoms with Crippen molar-refractivity contribution in [2.45, 2.75) is 19.0 Å². The molecule has 0 unspecified atom stereocenters. The number of nitrogens with one attached hydrogen (secondary N) is 2. The lowest BCUT2D eigenvalue weighted by atomic mass is 10.0. The Labute approximate surface area is 163 Å². The Kier molecular flexibility index (Phi) is 6.22. The molecule has 0 saturated carbocycles. The van der Waals surface area contributed by atoms with Gasteiger partial charge in [0.1, 0.15) is 11.9 Å². The fraction of sp³-hybridized carbons (Fsp3) is 0.136. The largest absolute Gasteiger partial charge is 0.324 e. The minimum absolute atomic E-state index is 0.104. The van der Waals surface area contributed by atoms with Gasteiger partial charge >= 0.3 is 0 Å². The van der Waals surface area contributed by atoms with Gasteiger partial charge in [-0.15, -0.1) is 0 Å². The van der Waals surface area contributed by atoms with Crippen molar-refractivity contribution >= 4 is 23.2 Å². The van der Waals surface area contributed by atoms with Crippen molar-refractivity contribution < 1.29 is 9.18 Å². The van der Waals surface area contributed by atoms with Gasteiger partial charge in [0.15, 0.2) is 0 Å². The second-order valence-corrected chi connectivity index (χ2v) is 6.72. The van der Waals surface area contributed by atoms with Crippen LogP contribution in [0.2, 0.25) is 5.02 Å². The Bertz CT molecular complexity index is 900. The molecule has 3 nitrogen and oxygen atoms in total. The van der Waals surface area contributed by atoms with Crippen LogP contribution in [0.3, 0.4) is 0 Å². The molecule has 1 amide bonds. The number of hydrogen-bond donors (Lipinski definition) is 2. The monoisotopic (exact) mass is 382 g/mol. The van der Waals surface area contributed by atoms with E-state index in [0.717, 1.165) is 11.1 Å². The molecule has 3 aromatic rings. The molecule has 0 radical (unpaired) electrons. The van der Waals surface area contributed by atoms with E-state index in [4.69, 9.17) is 11.6 Å². The minimum Gasteiger partial charge on any atom is -0.324 e. The van der Waals surface area contributed by atoms with Crippen molar-refractivity contribution in [1.29, 1.82) is 0 Å². The Balaban J connectivity index is 1.82. The zero-order valence-corrected chi connectivity index (χ0v) is 15.6. The first-order chi connectivity index (χ1) is 13.0. The van der Waals surface area contributed by atoms with Crippen LogP contribution in [0.4, 0.5) is 10.1 Å². The van der Waals surface area contributed by atoms with Gasteiger partial charge in [0.25, 0.3) is 0 Å². The van der Waals surface area contributed by atoms with E-state index in [1.807, 2.05) is 61.5 Å². The summed E-state index contributed by atoms with van der Waals surface area (Å²) in [5, 5.41) is 6.85. The molecule has 0 bridgehead atoms. The van der Waals surface area contributed by atoms with Gasteiger partial charge in [0, 0.05) is 16.8 Å². The predicted octanol–water partition coefficient (Wildman–Crippen LogP) is 5.51. The Morgan fingerprint density at radius 2 is 1.59 bits per heavy atom. The lowest BCUT2D eigenvalue weighted by molar-refractivity contribution is -0.118. The van der Waals surface area contributed by atoms with Gasteiger partial charge < -0.3 is 5.32 Å². The van der Waals surface area contributed by atoms with Crippen LogP contribution in [0.15, 0.2) is 78.9 Å². The second kappa shape index (κ2) is 8.80. The van der Waals surface area contributed by atoms with Crippen LogP contribution in [-0.2, 0) is 4.79 Å². The van der Waals surface area contributed by atoms with Gasteiger partial charge in [0.05, 0.1) is 0 Å². The number of carbonyl (C=O) groups is 1. The third-order valence-corrected chi connectivity index (χ3v) is 4.51. The average molecular weight is 383 g/mol. The summed E-state index contributed by atoms with van der Waals surface area (Å²) in [6.07, 6.45) is 0. The van der Waals surface area contributed by atoms with E-state index in [1.54, 1.807) is 0 Å². The maximum absolute atomic E-state index is 13.1. The van der Waals surface area contributed by atoms with E-state index in [0.29, 0.717) is 10.7 Å². The highest BCUT2D eigenvalue weighted by molar-refractivity contribution is 6.30. The molecule has 138 valence electrons. The number of halogens is 2. The SMILES string of the molecule is C[C@H](N[C@H](C(=O)Nc1ccc(F)cc1)c1ccccc1)c1cccc(Cl)c1. The second-order valence-electron chi connectivity index (χ2n) is 6.28. The first-order valence-electron chi connectivity index (χ1n) is 8.66. The first kappa shape index (κ1) is 19.1. The average Bonchev–Trinajstić information content (AvgIpc) is 2.68. The van der Waals surface area contributed by atoms with Crippen molar-refractivity contribution in [2.24, 2.45) is 0 Å². The van der Waals surface area contributed by atoms with E-state index in [9.17, 15) is 9.18 Å². The van der Waals surface area contributed by atoms with Crippen molar-refractivity contribution in [3.8, 4) is 0 Å². The number of rotatable bonds is 6. The van der Waals surface area contributed by atoms with Crippen LogP contribution < -0.4 is 10.6 Å². The fourth-order valence-corrected chi connectivity index (χ4v) is 3.04. The van der Waals surface area contributed by atoms with E-state index < -0.39 is 6.04 Å². The van der Waals surface area contributed by atoms with E-state index in [-0.39, 0.29) is 17.8 Å². The molecule has 0 heterocycles. The van der Waals surface area contributed by atoms with Crippen LogP contribution in [0.1, 0.15) is 30.1 Å². The van der Waals surface area contributed by atoms with Crippen LogP contribution in [0.25, 0.3) is 0 Å². The predicted molar refractivity (Wildman–Crippen MR) is 107 cm³/mol. The summed E-state index contributed by atoms with van der Waals surface area (Å²) in [5.74, 6) is -0.568. The molecule has 3 aromatic carbocycles. The first-order valence-corrected chi connectivity index (χ1v) is 9.03. The van der Waals surface area contributed by atoms with E-state index in [2.05, 4.69) is 10.6 Å². The lowest BCUT2D eigenvalue weighted by Gasteiger charge is -2.24. The maximum atomic E-state index is 13.1. The Morgan fingerprint density at radius 3 is 2.26 bits per heavy atom. The van der Waals surface area contributed by atoms with Gasteiger partial charge in [-0.1, -0.05) is 54.1 Å². The highest BCUT2D eigenvalue weighted by atomic mass is 35.5. The zero-order valence-electron chi connectivity index (χ0n) is 14.8. The number of hydrogen-bond acceptors (Lipinski definition) is 2. The Hall–Kier alpha value is -2.69. The van der Waals surface area contributed by atoms with Gasteiger partial charge in [-0.05, 0) is 54.4 Å². The van der Waals surface area contributed by atoms with Crippen LogP contribution in [0, 0.1) is 5.82 Å². The van der Waals surface area contributed by atoms with Gasteiger partial charge in [0.2, 0.25) is 5.91 Å². The quantitative estimate of drug-likeness (QED) is 0.590. The third kappa shape index (κ3) is 5.16. The molecule has 3 rings (SSSR count). The molecule has 2 atom stereocenters. The fourth-order valence-electron chi connectivity index (χ4n) is 2.84. The number of carbonyl (C=O) groups excluding carboxylic acids is 1. The Morgan fingerprint density at radius 1 is 0.926 bits per heavy atom. The topological polar surface area (TPSA) is 41.1 Å². The highest BCUT2D eigenvalue weighted by Gasteiger charge is 2.23. The van der Waals surface area contributed by atoms with Gasteiger partial charge in [-0.25, -0.2) is 4.39 Å². The number of amides is 1. The highest BCUT2D eigenvalue weighted by Crippen LogP contribution is 2.23. The maximum Gasteiger partial charge on any atom is 0.246 e. The molecule has 27 heavy (non-hydrogen) atoms. The lowest BCUT2D eigenvalue weighted by Crippen LogP contribution is -2.34. The summed E-state index contributed by atoms with van der Waals surface area (Å²) < 4.78 is 13.1. The minimum atomic E-state index is -0.578. The normalized spacial score (nSPS) is 13.0. The molecule has 0 saturated heterocycles. The molecule has 0 aromatic heterocycles. The molecule has 2 N–H and O–H groups in total. The molecule has 5 heteroatoms. The zero-order chi connectivity index (χ0) is 19.2. The van der Waals surface area contributed by atoms with Crippen LogP contribution >= 0.6 is 11.6 Å². The molecular formula is C22H20ClFN2O. The summed E-state index contributed by atoms with van der Waals surface area (Å²) in [6, 6.07) is 22.0. The molecule has 0 spiro atoms. The molecule has 0 aliphatic heterocycles. The third-order valence-electron chi connectivity index (χ3n) is 4.27. The molecule has 0 aliphatic carbocycles. The summed E-state index contributed by atoms with van der Waals surface area (Å²) >= 11 is 6.09. The summed E-state index contributed by atoms with van der Waals surface area (Å²) in [4.78, 5) is 12.9. The molecular weight excluding hydrogens is 363 g/mol. The van der Waals surface area contributed by atoms with Gasteiger partial charge in [-0.3, -0.25) is 10.1 Å². The van der Waals surface area contributed by atoms with Crippen LogP contribution in [-0.4, -0.2) is 5.91 Å². The van der Waals surface area contributed by atoms with Crippen molar-refractivity contribution in [2.75, 3.05) is 5.32 Å². The van der Waals surface area contributed by atoms with Crippen molar-refractivity contribution in [3.05, 3.63) is 101 Å². The number of anilines is 1.